The van der Waals surface area contributed by atoms with Crippen molar-refractivity contribution in [3.05, 3.63) is 58.6 Å². The molecule has 0 aliphatic carbocycles. The molecule has 100 valence electrons. The second-order valence-electron chi connectivity index (χ2n) is 3.95. The minimum absolute atomic E-state index is 0.282. The zero-order valence-corrected chi connectivity index (χ0v) is 11.7. The molecule has 0 fully saturated rings. The van der Waals surface area contributed by atoms with Crippen LogP contribution in [0.3, 0.4) is 0 Å². The van der Waals surface area contributed by atoms with Crippen molar-refractivity contribution in [2.24, 2.45) is 0 Å². The molecule has 0 unspecified atom stereocenters. The Kier molecular flexibility index (Phi) is 3.54. The first-order valence-corrected chi connectivity index (χ1v) is 7.05. The number of carbonyl (C=O) groups excluding carboxylic acids is 1. The molecular formula is C14H9ClN2O2S. The molecule has 0 saturated heterocycles. The topological polar surface area (TPSA) is 55.1 Å². The predicted molar refractivity (Wildman–Crippen MR) is 79.2 cm³/mol. The normalized spacial score (nSPS) is 10.4. The van der Waals surface area contributed by atoms with Crippen molar-refractivity contribution in [3.63, 3.8) is 0 Å². The van der Waals surface area contributed by atoms with Gasteiger partial charge in [0.15, 0.2) is 10.9 Å². The van der Waals surface area contributed by atoms with E-state index in [1.54, 1.807) is 36.6 Å². The number of hydrogen-bond donors (Lipinski definition) is 1. The van der Waals surface area contributed by atoms with Crippen LogP contribution in [0.5, 0.6) is 0 Å². The summed E-state index contributed by atoms with van der Waals surface area (Å²) in [4.78, 5) is 16.4. The summed E-state index contributed by atoms with van der Waals surface area (Å²) in [5.41, 5.74) is 1.11. The molecule has 1 amide bonds. The monoisotopic (exact) mass is 304 g/mol. The van der Waals surface area contributed by atoms with Crippen molar-refractivity contribution in [1.82, 2.24) is 4.98 Å². The summed E-state index contributed by atoms with van der Waals surface area (Å²) in [6.45, 7) is 0. The fourth-order valence-electron chi connectivity index (χ4n) is 1.68. The van der Waals surface area contributed by atoms with E-state index in [2.05, 4.69) is 10.3 Å². The molecule has 1 aromatic carbocycles. The van der Waals surface area contributed by atoms with E-state index in [1.807, 2.05) is 11.4 Å². The van der Waals surface area contributed by atoms with E-state index in [0.29, 0.717) is 27.2 Å². The Labute approximate surface area is 124 Å². The maximum Gasteiger partial charge on any atom is 0.258 e. The molecule has 4 nitrogen and oxygen atoms in total. The maximum absolute atomic E-state index is 12.1. The number of nitrogens with one attached hydrogen (secondary N) is 1. The fraction of sp³-hybridized carbons (Fsp3) is 0. The summed E-state index contributed by atoms with van der Waals surface area (Å²) >= 11 is 7.31. The second-order valence-corrected chi connectivity index (χ2v) is 5.21. The third-order valence-electron chi connectivity index (χ3n) is 2.62. The van der Waals surface area contributed by atoms with Crippen LogP contribution >= 0.6 is 22.9 Å². The van der Waals surface area contributed by atoms with Gasteiger partial charge < -0.3 is 4.42 Å². The molecule has 0 aliphatic rings. The number of thiazole rings is 1. The molecule has 20 heavy (non-hydrogen) atoms. The van der Waals surface area contributed by atoms with Gasteiger partial charge in [-0.25, -0.2) is 4.98 Å². The highest BCUT2D eigenvalue weighted by atomic mass is 35.5. The quantitative estimate of drug-likeness (QED) is 0.784. The van der Waals surface area contributed by atoms with Crippen LogP contribution in [0.2, 0.25) is 5.02 Å². The molecule has 0 spiro atoms. The lowest BCUT2D eigenvalue weighted by Gasteiger charge is -2.03. The maximum atomic E-state index is 12.1. The van der Waals surface area contributed by atoms with Crippen LogP contribution in [0.4, 0.5) is 5.13 Å². The van der Waals surface area contributed by atoms with E-state index in [0.717, 1.165) is 0 Å². The summed E-state index contributed by atoms with van der Waals surface area (Å²) in [7, 11) is 0. The summed E-state index contributed by atoms with van der Waals surface area (Å²) in [6.07, 6.45) is 1.58. The zero-order valence-electron chi connectivity index (χ0n) is 10.2. The van der Waals surface area contributed by atoms with Crippen LogP contribution in [0.15, 0.2) is 52.5 Å². The van der Waals surface area contributed by atoms with Gasteiger partial charge in [-0.1, -0.05) is 23.7 Å². The minimum atomic E-state index is -0.282. The lowest BCUT2D eigenvalue weighted by atomic mass is 10.2. The highest BCUT2D eigenvalue weighted by Crippen LogP contribution is 2.26. The molecule has 2 heterocycles. The number of hydrogen-bond acceptors (Lipinski definition) is 4. The van der Waals surface area contributed by atoms with Gasteiger partial charge in [0.1, 0.15) is 5.69 Å². The average molecular weight is 305 g/mol. The standard InChI is InChI=1S/C14H9ClN2O2S/c15-10-5-2-1-4-9(10)13(18)17-14-16-11(8-20-14)12-6-3-7-19-12/h1-8H,(H,16,17,18). The van der Waals surface area contributed by atoms with Gasteiger partial charge in [-0.2, -0.15) is 0 Å². The van der Waals surface area contributed by atoms with Gasteiger partial charge in [-0.3, -0.25) is 10.1 Å². The van der Waals surface area contributed by atoms with Crippen LogP contribution in [0.25, 0.3) is 11.5 Å². The number of nitrogens with zero attached hydrogens (tertiary/aromatic N) is 1. The van der Waals surface area contributed by atoms with Crippen LogP contribution < -0.4 is 5.32 Å². The van der Waals surface area contributed by atoms with E-state index in [4.69, 9.17) is 16.0 Å². The molecule has 0 aliphatic heterocycles. The zero-order chi connectivity index (χ0) is 13.9. The van der Waals surface area contributed by atoms with Crippen LogP contribution in [0.1, 0.15) is 10.4 Å². The predicted octanol–water partition coefficient (Wildman–Crippen LogP) is 4.31. The van der Waals surface area contributed by atoms with Crippen molar-refractivity contribution >= 4 is 34.0 Å². The Morgan fingerprint density at radius 1 is 1.25 bits per heavy atom. The number of aromatic nitrogens is 1. The van der Waals surface area contributed by atoms with Crippen molar-refractivity contribution in [1.29, 1.82) is 0 Å². The number of benzene rings is 1. The number of anilines is 1. The molecule has 0 atom stereocenters. The van der Waals surface area contributed by atoms with Gasteiger partial charge in [0, 0.05) is 5.38 Å². The lowest BCUT2D eigenvalue weighted by molar-refractivity contribution is 0.102. The SMILES string of the molecule is O=C(Nc1nc(-c2ccco2)cs1)c1ccccc1Cl. The number of rotatable bonds is 3. The average Bonchev–Trinajstić information content (AvgIpc) is 3.09. The molecule has 0 saturated carbocycles. The van der Waals surface area contributed by atoms with Crippen LogP contribution in [0, 0.1) is 0 Å². The number of amides is 1. The summed E-state index contributed by atoms with van der Waals surface area (Å²) in [5.74, 6) is 0.385. The number of carbonyl (C=O) groups is 1. The van der Waals surface area contributed by atoms with E-state index in [-0.39, 0.29) is 5.91 Å². The summed E-state index contributed by atoms with van der Waals surface area (Å²) < 4.78 is 5.25. The third-order valence-corrected chi connectivity index (χ3v) is 3.70. The highest BCUT2D eigenvalue weighted by molar-refractivity contribution is 7.14. The van der Waals surface area contributed by atoms with Gasteiger partial charge in [0.25, 0.3) is 5.91 Å². The molecule has 0 radical (unpaired) electrons. The summed E-state index contributed by atoms with van der Waals surface area (Å²) in [5, 5.41) is 5.46. The summed E-state index contributed by atoms with van der Waals surface area (Å²) in [6, 6.07) is 10.5. The van der Waals surface area contributed by atoms with Crippen molar-refractivity contribution in [3.8, 4) is 11.5 Å². The Balaban J connectivity index is 1.79. The Hall–Kier alpha value is -2.11. The fourth-order valence-corrected chi connectivity index (χ4v) is 2.59. The van der Waals surface area contributed by atoms with Gasteiger partial charge in [0.2, 0.25) is 0 Å². The first kappa shape index (κ1) is 12.9. The Morgan fingerprint density at radius 2 is 2.10 bits per heavy atom. The van der Waals surface area contributed by atoms with E-state index in [9.17, 15) is 4.79 Å². The van der Waals surface area contributed by atoms with Crippen molar-refractivity contribution in [2.45, 2.75) is 0 Å². The van der Waals surface area contributed by atoms with Crippen molar-refractivity contribution < 1.29 is 9.21 Å². The van der Waals surface area contributed by atoms with E-state index >= 15 is 0 Å². The number of furan rings is 1. The van der Waals surface area contributed by atoms with Gasteiger partial charge in [-0.05, 0) is 24.3 Å². The Bertz CT molecular complexity index is 737. The lowest BCUT2D eigenvalue weighted by Crippen LogP contribution is -2.12. The first-order chi connectivity index (χ1) is 9.74. The first-order valence-electron chi connectivity index (χ1n) is 5.79. The molecule has 1 N–H and O–H groups in total. The third kappa shape index (κ3) is 2.59. The van der Waals surface area contributed by atoms with E-state index in [1.165, 1.54) is 11.3 Å². The Morgan fingerprint density at radius 3 is 2.85 bits per heavy atom. The smallest absolute Gasteiger partial charge is 0.258 e. The highest BCUT2D eigenvalue weighted by Gasteiger charge is 2.13. The van der Waals surface area contributed by atoms with Gasteiger partial charge >= 0.3 is 0 Å². The van der Waals surface area contributed by atoms with Gasteiger partial charge in [-0.15, -0.1) is 11.3 Å². The number of halogens is 1. The second kappa shape index (κ2) is 5.48. The van der Waals surface area contributed by atoms with Crippen LogP contribution in [-0.4, -0.2) is 10.9 Å². The molecule has 3 aromatic rings. The molecule has 2 aromatic heterocycles. The van der Waals surface area contributed by atoms with Gasteiger partial charge in [0.05, 0.1) is 16.8 Å². The molecule has 6 heteroatoms. The van der Waals surface area contributed by atoms with Crippen LogP contribution in [-0.2, 0) is 0 Å². The molecular weight excluding hydrogens is 296 g/mol. The van der Waals surface area contributed by atoms with E-state index < -0.39 is 0 Å². The molecule has 0 bridgehead atoms. The molecule has 3 rings (SSSR count). The largest absolute Gasteiger partial charge is 0.463 e. The minimum Gasteiger partial charge on any atom is -0.463 e. The van der Waals surface area contributed by atoms with Crippen molar-refractivity contribution in [2.75, 3.05) is 5.32 Å².